The van der Waals surface area contributed by atoms with Gasteiger partial charge in [0.15, 0.2) is 0 Å². The van der Waals surface area contributed by atoms with Gasteiger partial charge in [-0.2, -0.15) is 5.10 Å². The van der Waals surface area contributed by atoms with Crippen LogP contribution < -0.4 is 5.32 Å². The molecular formula is C15H18N4O2. The number of nitrogens with zero attached hydrogens (tertiary/aromatic N) is 3. The molecule has 2 heterocycles. The molecule has 0 saturated carbocycles. The number of carbonyl (C=O) groups is 1. The zero-order valence-electron chi connectivity index (χ0n) is 12.4. The molecule has 21 heavy (non-hydrogen) atoms. The Hall–Kier alpha value is -2.55. The van der Waals surface area contributed by atoms with Crippen molar-refractivity contribution in [1.82, 2.24) is 14.9 Å². The number of unbranched alkanes of at least 4 members (excludes halogenated alkanes) is 1. The predicted octanol–water partition coefficient (Wildman–Crippen LogP) is 2.28. The van der Waals surface area contributed by atoms with Gasteiger partial charge >= 0.3 is 0 Å². The summed E-state index contributed by atoms with van der Waals surface area (Å²) in [7, 11) is 0. The molecule has 0 radical (unpaired) electrons. The standard InChI is InChI=1S/C15H18N4O2/c1-4-5-6-7-15(20)17-13-8-16-19(9-13)10-14-11(2)18-21-12(14)3/h8-9H,4-5,10H2,1-3H3,(H,17,20). The normalized spacial score (nSPS) is 10.0. The third-order valence-corrected chi connectivity index (χ3v) is 2.97. The molecule has 0 unspecified atom stereocenters. The molecule has 6 nitrogen and oxygen atoms in total. The van der Waals surface area contributed by atoms with Crippen molar-refractivity contribution >= 4 is 11.6 Å². The van der Waals surface area contributed by atoms with Crippen LogP contribution in [0.25, 0.3) is 0 Å². The van der Waals surface area contributed by atoms with Gasteiger partial charge in [0.1, 0.15) is 5.76 Å². The van der Waals surface area contributed by atoms with E-state index in [4.69, 9.17) is 4.52 Å². The van der Waals surface area contributed by atoms with Gasteiger partial charge < -0.3 is 9.84 Å². The number of carbonyl (C=O) groups excluding carboxylic acids is 1. The monoisotopic (exact) mass is 286 g/mol. The summed E-state index contributed by atoms with van der Waals surface area (Å²) in [6.07, 6.45) is 5.01. The summed E-state index contributed by atoms with van der Waals surface area (Å²) in [6, 6.07) is 0. The predicted molar refractivity (Wildman–Crippen MR) is 78.6 cm³/mol. The first kappa shape index (κ1) is 14.9. The van der Waals surface area contributed by atoms with E-state index in [9.17, 15) is 4.79 Å². The second-order valence-corrected chi connectivity index (χ2v) is 4.74. The summed E-state index contributed by atoms with van der Waals surface area (Å²) in [5, 5.41) is 10.8. The molecule has 2 rings (SSSR count). The van der Waals surface area contributed by atoms with Crippen LogP contribution in [0, 0.1) is 25.7 Å². The Morgan fingerprint density at radius 1 is 1.48 bits per heavy atom. The number of aryl methyl sites for hydroxylation is 2. The van der Waals surface area contributed by atoms with Crippen molar-refractivity contribution in [3.8, 4) is 11.8 Å². The van der Waals surface area contributed by atoms with Gasteiger partial charge in [-0.15, -0.1) is 0 Å². The minimum atomic E-state index is -0.319. The summed E-state index contributed by atoms with van der Waals surface area (Å²) in [6.45, 7) is 6.33. The second kappa shape index (κ2) is 6.75. The SMILES string of the molecule is CCCC#CC(=O)Nc1cnn(Cc2c(C)noc2C)c1. The lowest BCUT2D eigenvalue weighted by Crippen LogP contribution is -2.08. The highest BCUT2D eigenvalue weighted by molar-refractivity contribution is 6.03. The minimum Gasteiger partial charge on any atom is -0.361 e. The van der Waals surface area contributed by atoms with Gasteiger partial charge in [-0.05, 0) is 26.2 Å². The second-order valence-electron chi connectivity index (χ2n) is 4.74. The first-order chi connectivity index (χ1) is 10.1. The van der Waals surface area contributed by atoms with Crippen LogP contribution in [-0.4, -0.2) is 20.8 Å². The Bertz CT molecular complexity index is 669. The fourth-order valence-corrected chi connectivity index (χ4v) is 1.83. The van der Waals surface area contributed by atoms with Crippen LogP contribution in [-0.2, 0) is 11.3 Å². The highest BCUT2D eigenvalue weighted by Crippen LogP contribution is 2.14. The zero-order valence-corrected chi connectivity index (χ0v) is 12.4. The highest BCUT2D eigenvalue weighted by Gasteiger charge is 2.10. The number of hydrogen-bond acceptors (Lipinski definition) is 4. The third-order valence-electron chi connectivity index (χ3n) is 2.97. The van der Waals surface area contributed by atoms with E-state index in [0.717, 1.165) is 29.9 Å². The lowest BCUT2D eigenvalue weighted by molar-refractivity contribution is -0.111. The quantitative estimate of drug-likeness (QED) is 0.875. The topological polar surface area (TPSA) is 73.0 Å². The first-order valence-electron chi connectivity index (χ1n) is 6.84. The van der Waals surface area contributed by atoms with Gasteiger partial charge in [0.05, 0.1) is 24.1 Å². The number of nitrogens with one attached hydrogen (secondary N) is 1. The van der Waals surface area contributed by atoms with Crippen LogP contribution in [0.2, 0.25) is 0 Å². The first-order valence-corrected chi connectivity index (χ1v) is 6.84. The fourth-order valence-electron chi connectivity index (χ4n) is 1.83. The van der Waals surface area contributed by atoms with E-state index in [-0.39, 0.29) is 5.91 Å². The average Bonchev–Trinajstić information content (AvgIpc) is 3.01. The van der Waals surface area contributed by atoms with Crippen molar-refractivity contribution in [3.05, 3.63) is 29.4 Å². The number of aromatic nitrogens is 3. The summed E-state index contributed by atoms with van der Waals surface area (Å²) >= 11 is 0. The Labute approximate surface area is 123 Å². The Kier molecular flexibility index (Phi) is 4.77. The van der Waals surface area contributed by atoms with Gasteiger partial charge in [-0.3, -0.25) is 9.48 Å². The molecule has 1 N–H and O–H groups in total. The molecule has 6 heteroatoms. The molecule has 0 saturated heterocycles. The van der Waals surface area contributed by atoms with Crippen LogP contribution in [0.4, 0.5) is 5.69 Å². The summed E-state index contributed by atoms with van der Waals surface area (Å²) in [4.78, 5) is 11.6. The van der Waals surface area contributed by atoms with Crippen LogP contribution in [0.3, 0.4) is 0 Å². The van der Waals surface area contributed by atoms with E-state index in [1.807, 2.05) is 20.8 Å². The molecule has 0 bridgehead atoms. The van der Waals surface area contributed by atoms with Crippen molar-refractivity contribution in [2.24, 2.45) is 0 Å². The van der Waals surface area contributed by atoms with Gasteiger partial charge in [0.2, 0.25) is 0 Å². The molecule has 2 aromatic rings. The van der Waals surface area contributed by atoms with Crippen molar-refractivity contribution in [2.45, 2.75) is 40.2 Å². The van der Waals surface area contributed by atoms with Gasteiger partial charge in [0, 0.05) is 18.2 Å². The van der Waals surface area contributed by atoms with E-state index < -0.39 is 0 Å². The van der Waals surface area contributed by atoms with Crippen LogP contribution in [0.1, 0.15) is 36.8 Å². The Morgan fingerprint density at radius 3 is 2.95 bits per heavy atom. The lowest BCUT2D eigenvalue weighted by Gasteiger charge is -2.00. The van der Waals surface area contributed by atoms with E-state index in [0.29, 0.717) is 12.2 Å². The van der Waals surface area contributed by atoms with Crippen LogP contribution >= 0.6 is 0 Å². The molecule has 0 atom stereocenters. The minimum absolute atomic E-state index is 0.319. The number of rotatable bonds is 4. The molecule has 0 aliphatic carbocycles. The Morgan fingerprint density at radius 2 is 2.29 bits per heavy atom. The van der Waals surface area contributed by atoms with Crippen molar-refractivity contribution in [1.29, 1.82) is 0 Å². The lowest BCUT2D eigenvalue weighted by atomic mass is 10.2. The number of hydrogen-bond donors (Lipinski definition) is 1. The zero-order chi connectivity index (χ0) is 15.2. The maximum Gasteiger partial charge on any atom is 0.300 e. The van der Waals surface area contributed by atoms with E-state index in [1.54, 1.807) is 17.1 Å². The largest absolute Gasteiger partial charge is 0.361 e. The van der Waals surface area contributed by atoms with E-state index in [1.165, 1.54) is 0 Å². The molecule has 110 valence electrons. The number of amides is 1. The fraction of sp³-hybridized carbons (Fsp3) is 0.400. The third kappa shape index (κ3) is 3.96. The molecular weight excluding hydrogens is 268 g/mol. The van der Waals surface area contributed by atoms with Gasteiger partial charge in [0.25, 0.3) is 5.91 Å². The maximum atomic E-state index is 11.6. The highest BCUT2D eigenvalue weighted by atomic mass is 16.5. The molecule has 0 spiro atoms. The van der Waals surface area contributed by atoms with Crippen LogP contribution in [0.15, 0.2) is 16.9 Å². The smallest absolute Gasteiger partial charge is 0.300 e. The number of anilines is 1. The van der Waals surface area contributed by atoms with Crippen molar-refractivity contribution in [3.63, 3.8) is 0 Å². The molecule has 0 aromatic carbocycles. The Balaban J connectivity index is 1.99. The van der Waals surface area contributed by atoms with Crippen molar-refractivity contribution < 1.29 is 9.32 Å². The molecule has 0 fully saturated rings. The summed E-state index contributed by atoms with van der Waals surface area (Å²) < 4.78 is 6.84. The molecule has 2 aromatic heterocycles. The van der Waals surface area contributed by atoms with E-state index in [2.05, 4.69) is 27.4 Å². The summed E-state index contributed by atoms with van der Waals surface area (Å²) in [5.41, 5.74) is 2.47. The molecule has 0 aliphatic heterocycles. The molecule has 1 amide bonds. The van der Waals surface area contributed by atoms with Gasteiger partial charge in [-0.1, -0.05) is 18.0 Å². The van der Waals surface area contributed by atoms with Crippen molar-refractivity contribution in [2.75, 3.05) is 5.32 Å². The maximum absolute atomic E-state index is 11.6. The van der Waals surface area contributed by atoms with E-state index >= 15 is 0 Å². The molecule has 0 aliphatic rings. The summed E-state index contributed by atoms with van der Waals surface area (Å²) in [5.74, 6) is 5.80. The van der Waals surface area contributed by atoms with Gasteiger partial charge in [-0.25, -0.2) is 0 Å². The average molecular weight is 286 g/mol. The van der Waals surface area contributed by atoms with Crippen LogP contribution in [0.5, 0.6) is 0 Å².